The molecule has 0 aliphatic heterocycles. The van der Waals surface area contributed by atoms with Gasteiger partial charge in [-0.3, -0.25) is 4.79 Å². The number of fused-ring (bicyclic) bond motifs is 1. The molecule has 4 rings (SSSR count). The lowest BCUT2D eigenvalue weighted by Gasteiger charge is -2.09. The van der Waals surface area contributed by atoms with Crippen LogP contribution in [0.4, 0.5) is 5.69 Å². The summed E-state index contributed by atoms with van der Waals surface area (Å²) in [5.41, 5.74) is 4.61. The topological polar surface area (TPSA) is 57.8 Å². The molecule has 0 unspecified atom stereocenters. The van der Waals surface area contributed by atoms with Crippen LogP contribution in [0.1, 0.15) is 16.8 Å². The molecule has 4 nitrogen and oxygen atoms in total. The van der Waals surface area contributed by atoms with Crippen molar-refractivity contribution in [3.05, 3.63) is 105 Å². The van der Waals surface area contributed by atoms with Crippen LogP contribution in [0.2, 0.25) is 5.02 Å². The van der Waals surface area contributed by atoms with Gasteiger partial charge in [0.2, 0.25) is 0 Å². The summed E-state index contributed by atoms with van der Waals surface area (Å²) in [5, 5.41) is 14.0. The Morgan fingerprint density at radius 1 is 1.12 bits per heavy atom. The lowest BCUT2D eigenvalue weighted by atomic mass is 10.1. The average molecular weight is 505 g/mol. The molecule has 6 heteroatoms. The number of carbonyl (C=O) groups excluding carboxylic acids is 1. The minimum absolute atomic E-state index is 0.0274. The summed E-state index contributed by atoms with van der Waals surface area (Å²) in [4.78, 5) is 12.8. The van der Waals surface area contributed by atoms with Crippen molar-refractivity contribution in [2.45, 2.75) is 13.5 Å². The molecule has 1 aromatic heterocycles. The second-order valence-corrected chi connectivity index (χ2v) is 8.72. The number of aromatic nitrogens is 1. The maximum Gasteiger partial charge on any atom is 0.266 e. The molecule has 0 saturated carbocycles. The molecule has 4 aromatic rings. The molecule has 1 N–H and O–H groups in total. The van der Waals surface area contributed by atoms with Crippen LogP contribution in [0.3, 0.4) is 0 Å². The van der Waals surface area contributed by atoms with E-state index in [1.165, 1.54) is 0 Å². The quantitative estimate of drug-likeness (QED) is 0.236. The first-order chi connectivity index (χ1) is 15.5. The molecule has 0 bridgehead atoms. The Morgan fingerprint density at radius 3 is 2.59 bits per heavy atom. The lowest BCUT2D eigenvalue weighted by molar-refractivity contribution is -0.112. The predicted molar refractivity (Wildman–Crippen MR) is 134 cm³/mol. The third kappa shape index (κ3) is 4.62. The van der Waals surface area contributed by atoms with Gasteiger partial charge in [0.25, 0.3) is 5.91 Å². The van der Waals surface area contributed by atoms with Crippen LogP contribution >= 0.6 is 27.5 Å². The molecule has 0 aliphatic rings. The SMILES string of the molecule is Cc1c(/C=C(/C#N)C(=O)Nc2cccc(Cl)c2)c2ccccc2n1Cc1ccc(Br)cc1. The standard InChI is InChI=1S/C26H19BrClN3O/c1-17-24(13-19(15-29)26(32)30-22-6-4-5-21(28)14-22)23-7-2-3-8-25(23)31(17)16-18-9-11-20(27)12-10-18/h2-14H,16H2,1H3,(H,30,32)/b19-13-. The van der Waals surface area contributed by atoms with E-state index >= 15 is 0 Å². The molecule has 0 fully saturated rings. The molecule has 0 spiro atoms. The zero-order chi connectivity index (χ0) is 22.7. The van der Waals surface area contributed by atoms with Crippen molar-refractivity contribution in [1.82, 2.24) is 4.57 Å². The number of amides is 1. The van der Waals surface area contributed by atoms with Crippen LogP contribution in [0.5, 0.6) is 0 Å². The van der Waals surface area contributed by atoms with Crippen LogP contribution < -0.4 is 5.32 Å². The van der Waals surface area contributed by atoms with Crippen molar-refractivity contribution in [2.24, 2.45) is 0 Å². The van der Waals surface area contributed by atoms with Crippen LogP contribution in [-0.2, 0) is 11.3 Å². The number of rotatable bonds is 5. The zero-order valence-corrected chi connectivity index (χ0v) is 19.6. The van der Waals surface area contributed by atoms with Gasteiger partial charge < -0.3 is 9.88 Å². The number of halogens is 2. The summed E-state index contributed by atoms with van der Waals surface area (Å²) in [5.74, 6) is -0.473. The number of hydrogen-bond donors (Lipinski definition) is 1. The Hall–Kier alpha value is -3.33. The monoisotopic (exact) mass is 503 g/mol. The van der Waals surface area contributed by atoms with E-state index in [0.29, 0.717) is 17.3 Å². The van der Waals surface area contributed by atoms with Gasteiger partial charge in [-0.25, -0.2) is 0 Å². The van der Waals surface area contributed by atoms with E-state index < -0.39 is 5.91 Å². The average Bonchev–Trinajstić information content (AvgIpc) is 3.04. The highest BCUT2D eigenvalue weighted by molar-refractivity contribution is 9.10. The molecule has 158 valence electrons. The summed E-state index contributed by atoms with van der Waals surface area (Å²) >= 11 is 9.47. The minimum atomic E-state index is -0.473. The van der Waals surface area contributed by atoms with Gasteiger partial charge in [0, 0.05) is 43.9 Å². The van der Waals surface area contributed by atoms with Crippen LogP contribution in [-0.4, -0.2) is 10.5 Å². The molecular weight excluding hydrogens is 486 g/mol. The van der Waals surface area contributed by atoms with Gasteiger partial charge in [-0.2, -0.15) is 5.26 Å². The second kappa shape index (κ2) is 9.44. The first kappa shape index (κ1) is 21.9. The van der Waals surface area contributed by atoms with E-state index in [1.807, 2.05) is 43.3 Å². The van der Waals surface area contributed by atoms with E-state index in [9.17, 15) is 10.1 Å². The van der Waals surface area contributed by atoms with Gasteiger partial charge >= 0.3 is 0 Å². The molecule has 3 aromatic carbocycles. The minimum Gasteiger partial charge on any atom is -0.340 e. The third-order valence-electron chi connectivity index (χ3n) is 5.27. The highest BCUT2D eigenvalue weighted by atomic mass is 79.9. The normalized spacial score (nSPS) is 11.4. The maximum absolute atomic E-state index is 12.8. The highest BCUT2D eigenvalue weighted by Gasteiger charge is 2.16. The molecule has 0 saturated heterocycles. The number of nitrogens with zero attached hydrogens (tertiary/aromatic N) is 2. The fraction of sp³-hybridized carbons (Fsp3) is 0.0769. The number of para-hydroxylation sites is 1. The predicted octanol–water partition coefficient (Wildman–Crippen LogP) is 6.96. The number of nitrogens with one attached hydrogen (secondary N) is 1. The second-order valence-electron chi connectivity index (χ2n) is 7.36. The van der Waals surface area contributed by atoms with Gasteiger partial charge in [-0.1, -0.05) is 63.9 Å². The Kier molecular flexibility index (Phi) is 6.45. The van der Waals surface area contributed by atoms with E-state index in [4.69, 9.17) is 11.6 Å². The van der Waals surface area contributed by atoms with Crippen molar-refractivity contribution < 1.29 is 4.79 Å². The Bertz CT molecular complexity index is 1380. The van der Waals surface area contributed by atoms with Crippen molar-refractivity contribution >= 4 is 56.1 Å². The molecule has 1 amide bonds. The summed E-state index contributed by atoms with van der Waals surface area (Å²) < 4.78 is 3.23. The lowest BCUT2D eigenvalue weighted by Crippen LogP contribution is -2.13. The Labute approximate surface area is 199 Å². The van der Waals surface area contributed by atoms with Gasteiger partial charge in [0.05, 0.1) is 0 Å². The van der Waals surface area contributed by atoms with Crippen LogP contribution in [0, 0.1) is 18.3 Å². The Morgan fingerprint density at radius 2 is 1.88 bits per heavy atom. The van der Waals surface area contributed by atoms with Gasteiger partial charge in [0.1, 0.15) is 11.6 Å². The van der Waals surface area contributed by atoms with Crippen molar-refractivity contribution in [2.75, 3.05) is 5.32 Å². The number of carbonyl (C=O) groups is 1. The number of benzene rings is 3. The maximum atomic E-state index is 12.8. The van der Waals surface area contributed by atoms with Crippen molar-refractivity contribution in [3.8, 4) is 6.07 Å². The molecule has 0 aliphatic carbocycles. The fourth-order valence-electron chi connectivity index (χ4n) is 3.67. The van der Waals surface area contributed by atoms with E-state index in [0.717, 1.165) is 32.2 Å². The first-order valence-corrected chi connectivity index (χ1v) is 11.1. The Balaban J connectivity index is 1.73. The van der Waals surface area contributed by atoms with E-state index in [2.05, 4.69) is 44.0 Å². The largest absolute Gasteiger partial charge is 0.340 e. The number of nitriles is 1. The number of anilines is 1. The summed E-state index contributed by atoms with van der Waals surface area (Å²) in [6.07, 6.45) is 1.66. The van der Waals surface area contributed by atoms with E-state index in [-0.39, 0.29) is 5.57 Å². The van der Waals surface area contributed by atoms with E-state index in [1.54, 1.807) is 30.3 Å². The van der Waals surface area contributed by atoms with Gasteiger partial charge in [-0.15, -0.1) is 0 Å². The molecular formula is C26H19BrClN3O. The van der Waals surface area contributed by atoms with Crippen LogP contribution in [0.15, 0.2) is 82.8 Å². The summed E-state index contributed by atoms with van der Waals surface area (Å²) in [7, 11) is 0. The molecule has 0 atom stereocenters. The zero-order valence-electron chi connectivity index (χ0n) is 17.3. The van der Waals surface area contributed by atoms with Crippen molar-refractivity contribution in [1.29, 1.82) is 5.26 Å². The van der Waals surface area contributed by atoms with Crippen molar-refractivity contribution in [3.63, 3.8) is 0 Å². The molecule has 0 radical (unpaired) electrons. The van der Waals surface area contributed by atoms with Crippen LogP contribution in [0.25, 0.3) is 17.0 Å². The number of hydrogen-bond acceptors (Lipinski definition) is 2. The third-order valence-corrected chi connectivity index (χ3v) is 6.03. The smallest absolute Gasteiger partial charge is 0.266 e. The highest BCUT2D eigenvalue weighted by Crippen LogP contribution is 2.29. The fourth-order valence-corrected chi connectivity index (χ4v) is 4.13. The van der Waals surface area contributed by atoms with Gasteiger partial charge in [-0.05, 0) is 55.0 Å². The van der Waals surface area contributed by atoms with Gasteiger partial charge in [0.15, 0.2) is 0 Å². The summed E-state index contributed by atoms with van der Waals surface area (Å²) in [6, 6.07) is 25.1. The first-order valence-electron chi connectivity index (χ1n) is 9.97. The molecule has 1 heterocycles. The summed E-state index contributed by atoms with van der Waals surface area (Å²) in [6.45, 7) is 2.69. The molecule has 32 heavy (non-hydrogen) atoms.